The van der Waals surface area contributed by atoms with Gasteiger partial charge in [0.05, 0.1) is 26.4 Å². The normalized spacial score (nSPS) is 20.4. The van der Waals surface area contributed by atoms with Gasteiger partial charge in [-0.1, -0.05) is 6.08 Å². The predicted molar refractivity (Wildman–Crippen MR) is 68.7 cm³/mol. The molecule has 1 aliphatic rings. The number of hydrogen-bond acceptors (Lipinski definition) is 5. The molecular formula is C13H21NO5. The molecule has 6 nitrogen and oxygen atoms in total. The van der Waals surface area contributed by atoms with Crippen LogP contribution in [0.25, 0.3) is 0 Å². The van der Waals surface area contributed by atoms with Crippen molar-refractivity contribution < 1.29 is 23.8 Å². The molecule has 0 radical (unpaired) electrons. The van der Waals surface area contributed by atoms with Gasteiger partial charge in [-0.15, -0.1) is 0 Å². The van der Waals surface area contributed by atoms with Crippen LogP contribution in [0.3, 0.4) is 0 Å². The zero-order valence-corrected chi connectivity index (χ0v) is 11.8. The molecule has 19 heavy (non-hydrogen) atoms. The molecule has 0 saturated carbocycles. The molecule has 108 valence electrons. The Hall–Kier alpha value is -1.56. The van der Waals surface area contributed by atoms with Gasteiger partial charge in [0.2, 0.25) is 0 Å². The Morgan fingerprint density at radius 3 is 2.63 bits per heavy atom. The molecule has 1 aliphatic heterocycles. The third-order valence-corrected chi connectivity index (χ3v) is 2.45. The summed E-state index contributed by atoms with van der Waals surface area (Å²) in [6.07, 6.45) is 2.47. The van der Waals surface area contributed by atoms with Gasteiger partial charge in [0.1, 0.15) is 5.60 Å². The van der Waals surface area contributed by atoms with Crippen molar-refractivity contribution in [1.29, 1.82) is 0 Å². The maximum absolute atomic E-state index is 12.0. The highest BCUT2D eigenvalue weighted by molar-refractivity contribution is 5.82. The first kappa shape index (κ1) is 15.5. The van der Waals surface area contributed by atoms with Crippen LogP contribution in [-0.4, -0.2) is 55.5 Å². The van der Waals surface area contributed by atoms with Gasteiger partial charge in [-0.2, -0.15) is 0 Å². The third kappa shape index (κ3) is 5.30. The minimum absolute atomic E-state index is 0.317. The number of morpholine rings is 1. The smallest absolute Gasteiger partial charge is 0.410 e. The number of ether oxygens (including phenoxy) is 3. The second-order valence-electron chi connectivity index (χ2n) is 5.20. The molecule has 1 atom stereocenters. The number of carbonyl (C=O) groups excluding carboxylic acids is 2. The van der Waals surface area contributed by atoms with E-state index in [1.165, 1.54) is 13.2 Å². The molecule has 1 rings (SSSR count). The van der Waals surface area contributed by atoms with Crippen molar-refractivity contribution in [2.75, 3.05) is 26.9 Å². The Morgan fingerprint density at radius 1 is 1.37 bits per heavy atom. The van der Waals surface area contributed by atoms with Crippen LogP contribution in [-0.2, 0) is 19.0 Å². The molecule has 0 aromatic carbocycles. The molecule has 6 heteroatoms. The van der Waals surface area contributed by atoms with Gasteiger partial charge in [-0.25, -0.2) is 9.59 Å². The molecule has 1 fully saturated rings. The van der Waals surface area contributed by atoms with E-state index in [1.807, 2.05) is 20.8 Å². The van der Waals surface area contributed by atoms with E-state index in [4.69, 9.17) is 9.47 Å². The van der Waals surface area contributed by atoms with Crippen molar-refractivity contribution in [2.24, 2.45) is 0 Å². The average molecular weight is 271 g/mol. The maximum Gasteiger partial charge on any atom is 0.410 e. The summed E-state index contributed by atoms with van der Waals surface area (Å²) in [6, 6.07) is -0.317. The van der Waals surface area contributed by atoms with E-state index in [0.29, 0.717) is 19.8 Å². The van der Waals surface area contributed by atoms with E-state index in [-0.39, 0.29) is 6.04 Å². The second kappa shape index (κ2) is 6.56. The van der Waals surface area contributed by atoms with Crippen LogP contribution in [0.15, 0.2) is 12.2 Å². The van der Waals surface area contributed by atoms with Gasteiger partial charge >= 0.3 is 12.1 Å². The molecule has 0 aliphatic carbocycles. The van der Waals surface area contributed by atoms with Crippen molar-refractivity contribution in [3.8, 4) is 0 Å². The maximum atomic E-state index is 12.0. The monoisotopic (exact) mass is 271 g/mol. The summed E-state index contributed by atoms with van der Waals surface area (Å²) < 4.78 is 15.1. The average Bonchev–Trinajstić information content (AvgIpc) is 2.34. The number of rotatable bonds is 2. The van der Waals surface area contributed by atoms with Crippen molar-refractivity contribution in [1.82, 2.24) is 4.90 Å². The van der Waals surface area contributed by atoms with Crippen LogP contribution >= 0.6 is 0 Å². The topological polar surface area (TPSA) is 65.1 Å². The van der Waals surface area contributed by atoms with E-state index in [0.717, 1.165) is 0 Å². The molecule has 0 aromatic heterocycles. The molecular weight excluding hydrogens is 250 g/mol. The van der Waals surface area contributed by atoms with E-state index in [2.05, 4.69) is 4.74 Å². The molecule has 0 spiro atoms. The number of esters is 1. The lowest BCUT2D eigenvalue weighted by atomic mass is 10.2. The summed E-state index contributed by atoms with van der Waals surface area (Å²) in [7, 11) is 1.30. The van der Waals surface area contributed by atoms with E-state index >= 15 is 0 Å². The molecule has 0 N–H and O–H groups in total. The summed E-state index contributed by atoms with van der Waals surface area (Å²) in [5.41, 5.74) is -0.550. The highest BCUT2D eigenvalue weighted by Gasteiger charge is 2.29. The Bertz CT molecular complexity index is 359. The molecule has 1 heterocycles. The standard InChI is InChI=1S/C13H21NO5/c1-13(2,3)19-12(16)14-7-8-18-9-10(14)5-6-11(15)17-4/h5-6,10H,7-9H2,1-4H3/b6-5+/t10-/m1/s1. The highest BCUT2D eigenvalue weighted by atomic mass is 16.6. The van der Waals surface area contributed by atoms with Gasteiger partial charge in [0.15, 0.2) is 0 Å². The van der Waals surface area contributed by atoms with Crippen LogP contribution in [0.5, 0.6) is 0 Å². The van der Waals surface area contributed by atoms with E-state index < -0.39 is 17.7 Å². The van der Waals surface area contributed by atoms with Crippen LogP contribution in [0.2, 0.25) is 0 Å². The van der Waals surface area contributed by atoms with E-state index in [9.17, 15) is 9.59 Å². The predicted octanol–water partition coefficient (Wildman–Crippen LogP) is 1.35. The van der Waals surface area contributed by atoms with Gasteiger partial charge in [0, 0.05) is 12.6 Å². The summed E-state index contributed by atoms with van der Waals surface area (Å²) in [5.74, 6) is -0.463. The van der Waals surface area contributed by atoms with Gasteiger partial charge in [-0.05, 0) is 20.8 Å². The number of amides is 1. The summed E-state index contributed by atoms with van der Waals surface area (Å²) >= 11 is 0. The first-order valence-electron chi connectivity index (χ1n) is 6.17. The van der Waals surface area contributed by atoms with Gasteiger partial charge in [-0.3, -0.25) is 4.90 Å². The Balaban J connectivity index is 2.69. The number of carbonyl (C=O) groups is 2. The zero-order chi connectivity index (χ0) is 14.5. The van der Waals surface area contributed by atoms with Crippen molar-refractivity contribution in [3.63, 3.8) is 0 Å². The molecule has 0 aromatic rings. The SMILES string of the molecule is COC(=O)/C=C/[C@@H]1COCCN1C(=O)OC(C)(C)C. The second-order valence-corrected chi connectivity index (χ2v) is 5.20. The Labute approximate surface area is 113 Å². The van der Waals surface area contributed by atoms with Crippen LogP contribution < -0.4 is 0 Å². The number of hydrogen-bond donors (Lipinski definition) is 0. The Morgan fingerprint density at radius 2 is 2.05 bits per heavy atom. The van der Waals surface area contributed by atoms with Crippen LogP contribution in [0, 0.1) is 0 Å². The van der Waals surface area contributed by atoms with Crippen molar-refractivity contribution >= 4 is 12.1 Å². The molecule has 0 bridgehead atoms. The molecule has 1 amide bonds. The van der Waals surface area contributed by atoms with Crippen LogP contribution in [0.4, 0.5) is 4.79 Å². The minimum atomic E-state index is -0.550. The quantitative estimate of drug-likeness (QED) is 0.560. The van der Waals surface area contributed by atoms with Gasteiger partial charge in [0.25, 0.3) is 0 Å². The lowest BCUT2D eigenvalue weighted by Gasteiger charge is -2.35. The largest absolute Gasteiger partial charge is 0.466 e. The van der Waals surface area contributed by atoms with Crippen molar-refractivity contribution in [2.45, 2.75) is 32.4 Å². The molecule has 1 saturated heterocycles. The first-order chi connectivity index (χ1) is 8.83. The fraction of sp³-hybridized carbons (Fsp3) is 0.692. The Kier molecular flexibility index (Phi) is 5.35. The fourth-order valence-electron chi connectivity index (χ4n) is 1.59. The first-order valence-corrected chi connectivity index (χ1v) is 6.17. The lowest BCUT2D eigenvalue weighted by molar-refractivity contribution is -0.134. The summed E-state index contributed by atoms with van der Waals surface area (Å²) in [4.78, 5) is 24.7. The highest BCUT2D eigenvalue weighted by Crippen LogP contribution is 2.15. The van der Waals surface area contributed by atoms with Gasteiger partial charge < -0.3 is 14.2 Å². The number of methoxy groups -OCH3 is 1. The zero-order valence-electron chi connectivity index (χ0n) is 11.8. The van der Waals surface area contributed by atoms with E-state index in [1.54, 1.807) is 11.0 Å². The summed E-state index contributed by atoms with van der Waals surface area (Å²) in [5, 5.41) is 0. The third-order valence-electron chi connectivity index (χ3n) is 2.45. The van der Waals surface area contributed by atoms with Crippen LogP contribution in [0.1, 0.15) is 20.8 Å². The van der Waals surface area contributed by atoms with Crippen molar-refractivity contribution in [3.05, 3.63) is 12.2 Å². The number of nitrogens with zero attached hydrogens (tertiary/aromatic N) is 1. The lowest BCUT2D eigenvalue weighted by Crippen LogP contribution is -2.49. The minimum Gasteiger partial charge on any atom is -0.466 e. The summed E-state index contributed by atoms with van der Waals surface area (Å²) in [6.45, 7) is 6.67. The molecule has 0 unspecified atom stereocenters. The fourth-order valence-corrected chi connectivity index (χ4v) is 1.59.